The Balaban J connectivity index is 1.75. The molecule has 94 valence electrons. The maximum absolute atomic E-state index is 5.71. The summed E-state index contributed by atoms with van der Waals surface area (Å²) in [6.07, 6.45) is 3.95. The lowest BCUT2D eigenvalue weighted by molar-refractivity contribution is 0.400. The number of hydrazine groups is 1. The third-order valence-electron chi connectivity index (χ3n) is 3.79. The third kappa shape index (κ3) is 1.94. The Morgan fingerprint density at radius 2 is 2.28 bits per heavy atom. The summed E-state index contributed by atoms with van der Waals surface area (Å²) in [7, 11) is 1.94. The van der Waals surface area contributed by atoms with E-state index < -0.39 is 0 Å². The minimum atomic E-state index is 0.259. The Hall–Kier alpha value is -1.65. The maximum Gasteiger partial charge on any atom is 0.0640 e. The lowest BCUT2D eigenvalue weighted by Crippen LogP contribution is -2.45. The van der Waals surface area contributed by atoms with Crippen LogP contribution in [0.15, 0.2) is 36.5 Å². The van der Waals surface area contributed by atoms with Gasteiger partial charge in [0.2, 0.25) is 0 Å². The highest BCUT2D eigenvalue weighted by Gasteiger charge is 2.32. The Morgan fingerprint density at radius 3 is 2.94 bits per heavy atom. The molecule has 2 unspecified atom stereocenters. The van der Waals surface area contributed by atoms with E-state index in [0.717, 1.165) is 18.5 Å². The molecule has 1 heterocycles. The van der Waals surface area contributed by atoms with Crippen molar-refractivity contribution in [1.82, 2.24) is 15.2 Å². The number of hydrogen-bond acceptors (Lipinski definition) is 3. The molecule has 3 rings (SSSR count). The molecule has 2 atom stereocenters. The van der Waals surface area contributed by atoms with Gasteiger partial charge in [0.15, 0.2) is 0 Å². The molecule has 0 spiro atoms. The second kappa shape index (κ2) is 4.55. The van der Waals surface area contributed by atoms with Crippen LogP contribution in [0.3, 0.4) is 0 Å². The van der Waals surface area contributed by atoms with Gasteiger partial charge in [0.1, 0.15) is 0 Å². The first-order valence-corrected chi connectivity index (χ1v) is 6.30. The van der Waals surface area contributed by atoms with Crippen LogP contribution in [-0.4, -0.2) is 15.8 Å². The minimum Gasteiger partial charge on any atom is -0.276 e. The third-order valence-corrected chi connectivity index (χ3v) is 3.79. The highest BCUT2D eigenvalue weighted by molar-refractivity contribution is 5.41. The predicted octanol–water partition coefficient (Wildman–Crippen LogP) is 1.13. The Morgan fingerprint density at radius 1 is 1.44 bits per heavy atom. The average Bonchev–Trinajstić information content (AvgIpc) is 2.75. The number of rotatable bonds is 4. The molecule has 1 aliphatic rings. The normalized spacial score (nSPS) is 19.1. The molecule has 18 heavy (non-hydrogen) atoms. The van der Waals surface area contributed by atoms with Crippen molar-refractivity contribution in [3.05, 3.63) is 53.3 Å². The van der Waals surface area contributed by atoms with Gasteiger partial charge in [-0.3, -0.25) is 16.0 Å². The van der Waals surface area contributed by atoms with Crippen LogP contribution in [0.4, 0.5) is 0 Å². The van der Waals surface area contributed by atoms with Gasteiger partial charge in [-0.2, -0.15) is 5.10 Å². The second-order valence-electron chi connectivity index (χ2n) is 4.97. The van der Waals surface area contributed by atoms with Crippen molar-refractivity contribution >= 4 is 0 Å². The quantitative estimate of drug-likeness (QED) is 0.624. The molecule has 0 saturated heterocycles. The van der Waals surface area contributed by atoms with Gasteiger partial charge in [-0.05, 0) is 23.6 Å². The van der Waals surface area contributed by atoms with Gasteiger partial charge in [-0.15, -0.1) is 0 Å². The second-order valence-corrected chi connectivity index (χ2v) is 4.97. The van der Waals surface area contributed by atoms with Gasteiger partial charge in [0.25, 0.3) is 0 Å². The number of nitrogens with two attached hydrogens (primary N) is 1. The van der Waals surface area contributed by atoms with Crippen molar-refractivity contribution in [1.29, 1.82) is 0 Å². The zero-order valence-electron chi connectivity index (χ0n) is 10.5. The topological polar surface area (TPSA) is 55.9 Å². The van der Waals surface area contributed by atoms with E-state index in [1.165, 1.54) is 11.1 Å². The van der Waals surface area contributed by atoms with E-state index >= 15 is 0 Å². The monoisotopic (exact) mass is 242 g/mol. The molecule has 3 N–H and O–H groups in total. The highest BCUT2D eigenvalue weighted by atomic mass is 15.3. The average molecular weight is 242 g/mol. The van der Waals surface area contributed by atoms with E-state index in [2.05, 4.69) is 40.9 Å². The highest BCUT2D eigenvalue weighted by Crippen LogP contribution is 2.37. The van der Waals surface area contributed by atoms with Crippen LogP contribution in [0.5, 0.6) is 0 Å². The summed E-state index contributed by atoms with van der Waals surface area (Å²) in [6, 6.07) is 10.9. The predicted molar refractivity (Wildman–Crippen MR) is 70.9 cm³/mol. The van der Waals surface area contributed by atoms with Gasteiger partial charge in [-0.25, -0.2) is 0 Å². The lowest BCUT2D eigenvalue weighted by atomic mass is 9.72. The molecular formula is C14H18N4. The van der Waals surface area contributed by atoms with Gasteiger partial charge in [0, 0.05) is 31.6 Å². The largest absolute Gasteiger partial charge is 0.276 e. The molecule has 0 radical (unpaired) electrons. The molecule has 0 aliphatic heterocycles. The number of hydrogen-bond donors (Lipinski definition) is 2. The van der Waals surface area contributed by atoms with Crippen LogP contribution < -0.4 is 11.3 Å². The van der Waals surface area contributed by atoms with Crippen molar-refractivity contribution < 1.29 is 0 Å². The molecule has 1 aromatic carbocycles. The van der Waals surface area contributed by atoms with E-state index in [0.29, 0.717) is 5.92 Å². The Kier molecular flexibility index (Phi) is 2.89. The molecular weight excluding hydrogens is 224 g/mol. The van der Waals surface area contributed by atoms with E-state index in [9.17, 15) is 0 Å². The van der Waals surface area contributed by atoms with Crippen molar-refractivity contribution in [2.24, 2.45) is 12.9 Å². The fourth-order valence-corrected chi connectivity index (χ4v) is 2.77. The molecule has 0 saturated carbocycles. The Bertz CT molecular complexity index is 546. The van der Waals surface area contributed by atoms with Gasteiger partial charge in [0.05, 0.1) is 5.69 Å². The van der Waals surface area contributed by atoms with E-state index in [1.54, 1.807) is 0 Å². The van der Waals surface area contributed by atoms with Crippen molar-refractivity contribution in [3.8, 4) is 0 Å². The number of nitrogens with zero attached hydrogens (tertiary/aromatic N) is 2. The summed E-state index contributed by atoms with van der Waals surface area (Å²) in [6.45, 7) is 0. The number of benzene rings is 1. The summed E-state index contributed by atoms with van der Waals surface area (Å²) in [5, 5.41) is 4.42. The smallest absolute Gasteiger partial charge is 0.0640 e. The molecule has 2 aromatic rings. The molecule has 4 nitrogen and oxygen atoms in total. The van der Waals surface area contributed by atoms with Gasteiger partial charge < -0.3 is 0 Å². The van der Waals surface area contributed by atoms with Crippen molar-refractivity contribution in [3.63, 3.8) is 0 Å². The number of aromatic nitrogens is 2. The van der Waals surface area contributed by atoms with Crippen LogP contribution >= 0.6 is 0 Å². The van der Waals surface area contributed by atoms with E-state index in [4.69, 9.17) is 5.84 Å². The summed E-state index contributed by atoms with van der Waals surface area (Å²) >= 11 is 0. The van der Waals surface area contributed by atoms with Crippen LogP contribution in [0.25, 0.3) is 0 Å². The van der Waals surface area contributed by atoms with Crippen LogP contribution in [0.1, 0.15) is 22.7 Å². The zero-order valence-corrected chi connectivity index (χ0v) is 10.5. The molecule has 0 fully saturated rings. The van der Waals surface area contributed by atoms with Crippen LogP contribution in [-0.2, 0) is 19.9 Å². The van der Waals surface area contributed by atoms with E-state index in [-0.39, 0.29) is 6.04 Å². The van der Waals surface area contributed by atoms with Crippen LogP contribution in [0, 0.1) is 0 Å². The maximum atomic E-state index is 5.71. The summed E-state index contributed by atoms with van der Waals surface area (Å²) in [5.74, 6) is 6.22. The molecule has 1 aliphatic carbocycles. The standard InChI is InChI=1S/C14H18N4/c1-18-7-6-11(17-18)9-14(16-15)13-8-10-4-2-3-5-12(10)13/h2-7,13-14,16H,8-9,15H2,1H3. The number of aryl methyl sites for hydroxylation is 1. The zero-order chi connectivity index (χ0) is 12.5. The fraction of sp³-hybridized carbons (Fsp3) is 0.357. The Labute approximate surface area is 107 Å². The van der Waals surface area contributed by atoms with Gasteiger partial charge >= 0.3 is 0 Å². The van der Waals surface area contributed by atoms with Crippen molar-refractivity contribution in [2.75, 3.05) is 0 Å². The minimum absolute atomic E-state index is 0.259. The summed E-state index contributed by atoms with van der Waals surface area (Å²) in [4.78, 5) is 0. The SMILES string of the molecule is Cn1ccc(CC(NN)C2Cc3ccccc32)n1. The first kappa shape index (κ1) is 11.4. The number of fused-ring (bicyclic) bond motifs is 1. The van der Waals surface area contributed by atoms with Gasteiger partial charge in [-0.1, -0.05) is 24.3 Å². The number of nitrogens with one attached hydrogen (secondary N) is 1. The first-order chi connectivity index (χ1) is 8.78. The molecule has 4 heteroatoms. The molecule has 0 amide bonds. The van der Waals surface area contributed by atoms with Crippen LogP contribution in [0.2, 0.25) is 0 Å². The van der Waals surface area contributed by atoms with Crippen molar-refractivity contribution in [2.45, 2.75) is 24.8 Å². The summed E-state index contributed by atoms with van der Waals surface area (Å²) < 4.78 is 1.83. The molecule has 1 aromatic heterocycles. The fourth-order valence-electron chi connectivity index (χ4n) is 2.77. The lowest BCUT2D eigenvalue weighted by Gasteiger charge is -2.36. The molecule has 0 bridgehead atoms. The first-order valence-electron chi connectivity index (χ1n) is 6.30. The van der Waals surface area contributed by atoms with E-state index in [1.807, 2.05) is 17.9 Å². The summed E-state index contributed by atoms with van der Waals surface area (Å²) in [5.41, 5.74) is 6.92.